The van der Waals surface area contributed by atoms with Gasteiger partial charge < -0.3 is 9.64 Å². The number of hydrogen-bond donors (Lipinski definition) is 0. The van der Waals surface area contributed by atoms with Crippen molar-refractivity contribution in [2.24, 2.45) is 0 Å². The Labute approximate surface area is 223 Å². The summed E-state index contributed by atoms with van der Waals surface area (Å²) in [7, 11) is 0. The van der Waals surface area contributed by atoms with Gasteiger partial charge in [0.15, 0.2) is 5.82 Å². The summed E-state index contributed by atoms with van der Waals surface area (Å²) in [6.45, 7) is 6.54. The average molecular weight is 538 g/mol. The van der Waals surface area contributed by atoms with Gasteiger partial charge in [-0.3, -0.25) is 9.88 Å². The molecule has 0 saturated carbocycles. The number of carbonyl (C=O) groups excluding carboxylic acids is 1. The molecule has 7 nitrogen and oxygen atoms in total. The van der Waals surface area contributed by atoms with Crippen molar-refractivity contribution in [3.63, 3.8) is 0 Å². The Kier molecular flexibility index (Phi) is 5.86. The summed E-state index contributed by atoms with van der Waals surface area (Å²) in [5.41, 5.74) is -0.248. The lowest BCUT2D eigenvalue weighted by Crippen LogP contribution is -2.57. The first kappa shape index (κ1) is 24.7. The number of nitrogens with zero attached hydrogens (tertiary/aromatic N) is 5. The lowest BCUT2D eigenvalue weighted by atomic mass is 10.0. The van der Waals surface area contributed by atoms with Gasteiger partial charge in [-0.25, -0.2) is 18.6 Å². The summed E-state index contributed by atoms with van der Waals surface area (Å²) in [4.78, 5) is 29.7. The minimum atomic E-state index is -0.695. The van der Waals surface area contributed by atoms with Gasteiger partial charge in [0.2, 0.25) is 5.28 Å². The first-order valence-corrected chi connectivity index (χ1v) is 12.9. The Morgan fingerprint density at radius 2 is 1.74 bits per heavy atom. The molecular weight excluding hydrogens is 512 g/mol. The Hall–Kier alpha value is -3.59. The van der Waals surface area contributed by atoms with Crippen molar-refractivity contribution < 1.29 is 18.3 Å². The van der Waals surface area contributed by atoms with Gasteiger partial charge in [-0.15, -0.1) is 0 Å². The molecule has 2 bridgehead atoms. The van der Waals surface area contributed by atoms with Crippen molar-refractivity contribution in [2.75, 3.05) is 18.0 Å². The number of anilines is 1. The zero-order chi connectivity index (χ0) is 26.8. The molecule has 0 spiro atoms. The molecule has 38 heavy (non-hydrogen) atoms. The van der Waals surface area contributed by atoms with E-state index in [1.165, 1.54) is 12.3 Å². The van der Waals surface area contributed by atoms with Crippen LogP contribution in [-0.4, -0.2) is 56.7 Å². The number of amides is 1. The zero-order valence-corrected chi connectivity index (χ0v) is 22.0. The Balaban J connectivity index is 1.39. The SMILES string of the molecule is CC(C)(C)OC(=O)N1[C@@H]2CC[C@H]1CN(c1nc(Cl)nc3c(F)c(-c4cccc5cccc(F)c45)ncc13)C2. The Morgan fingerprint density at radius 3 is 2.42 bits per heavy atom. The number of carbonyl (C=O) groups is 1. The van der Waals surface area contributed by atoms with E-state index in [4.69, 9.17) is 16.3 Å². The molecule has 0 aliphatic carbocycles. The topological polar surface area (TPSA) is 71.5 Å². The van der Waals surface area contributed by atoms with Gasteiger partial charge in [0, 0.05) is 30.2 Å². The van der Waals surface area contributed by atoms with Gasteiger partial charge in [0.05, 0.1) is 17.5 Å². The third-order valence-electron chi connectivity index (χ3n) is 7.13. The van der Waals surface area contributed by atoms with E-state index in [9.17, 15) is 9.18 Å². The number of fused-ring (bicyclic) bond motifs is 4. The normalized spacial score (nSPS) is 19.4. The molecule has 2 fully saturated rings. The predicted octanol–water partition coefficient (Wildman–Crippen LogP) is 6.36. The quantitative estimate of drug-likeness (QED) is 0.277. The van der Waals surface area contributed by atoms with E-state index < -0.39 is 17.2 Å². The van der Waals surface area contributed by atoms with Crippen LogP contribution in [-0.2, 0) is 4.74 Å². The maximum atomic E-state index is 16.0. The summed E-state index contributed by atoms with van der Waals surface area (Å²) < 4.78 is 36.4. The second-order valence-corrected chi connectivity index (χ2v) is 11.2. The van der Waals surface area contributed by atoms with Crippen LogP contribution in [0.5, 0.6) is 0 Å². The van der Waals surface area contributed by atoms with Crippen molar-refractivity contribution in [1.82, 2.24) is 19.9 Å². The van der Waals surface area contributed by atoms with Crippen LogP contribution in [0.3, 0.4) is 0 Å². The smallest absolute Gasteiger partial charge is 0.410 e. The highest BCUT2D eigenvalue weighted by atomic mass is 35.5. The van der Waals surface area contributed by atoms with Crippen LogP contribution in [0, 0.1) is 11.6 Å². The van der Waals surface area contributed by atoms with Crippen molar-refractivity contribution in [3.8, 4) is 11.3 Å². The maximum absolute atomic E-state index is 16.0. The van der Waals surface area contributed by atoms with Gasteiger partial charge in [-0.1, -0.05) is 30.3 Å². The highest BCUT2D eigenvalue weighted by Gasteiger charge is 2.45. The molecule has 2 aliphatic heterocycles. The second-order valence-electron chi connectivity index (χ2n) is 10.8. The van der Waals surface area contributed by atoms with E-state index in [1.54, 1.807) is 30.3 Å². The molecule has 0 N–H and O–H groups in total. The van der Waals surface area contributed by atoms with Crippen LogP contribution < -0.4 is 4.90 Å². The van der Waals surface area contributed by atoms with Gasteiger partial charge in [-0.05, 0) is 56.7 Å². The average Bonchev–Trinajstić information content (AvgIpc) is 3.13. The van der Waals surface area contributed by atoms with E-state index >= 15 is 4.39 Å². The monoisotopic (exact) mass is 537 g/mol. The molecule has 2 atom stereocenters. The first-order valence-electron chi connectivity index (χ1n) is 12.6. The fourth-order valence-corrected chi connectivity index (χ4v) is 5.79. The molecule has 196 valence electrons. The van der Waals surface area contributed by atoms with Gasteiger partial charge in [-0.2, -0.15) is 4.98 Å². The van der Waals surface area contributed by atoms with E-state index in [0.717, 1.165) is 12.8 Å². The van der Waals surface area contributed by atoms with Crippen molar-refractivity contribution in [3.05, 3.63) is 59.5 Å². The van der Waals surface area contributed by atoms with E-state index in [0.29, 0.717) is 35.2 Å². The van der Waals surface area contributed by atoms with Gasteiger partial charge in [0.1, 0.15) is 28.4 Å². The third kappa shape index (κ3) is 4.18. The molecule has 4 aromatic rings. The van der Waals surface area contributed by atoms with Crippen molar-refractivity contribution in [2.45, 2.75) is 51.3 Å². The summed E-state index contributed by atoms with van der Waals surface area (Å²) >= 11 is 6.29. The number of benzene rings is 2. The fraction of sp³-hybridized carbons (Fsp3) is 0.357. The summed E-state index contributed by atoms with van der Waals surface area (Å²) in [6.07, 6.45) is 2.86. The lowest BCUT2D eigenvalue weighted by molar-refractivity contribution is 0.0123. The molecular formula is C28H26ClF2N5O2. The third-order valence-corrected chi connectivity index (χ3v) is 7.30. The number of ether oxygens (including phenoxy) is 1. The molecule has 1 amide bonds. The number of pyridine rings is 1. The lowest BCUT2D eigenvalue weighted by Gasteiger charge is -2.42. The number of aromatic nitrogens is 3. The largest absolute Gasteiger partial charge is 0.444 e. The molecule has 4 heterocycles. The van der Waals surface area contributed by atoms with Crippen LogP contribution in [0.1, 0.15) is 33.6 Å². The minimum Gasteiger partial charge on any atom is -0.444 e. The number of hydrogen-bond acceptors (Lipinski definition) is 6. The summed E-state index contributed by atoms with van der Waals surface area (Å²) in [5.74, 6) is -0.693. The number of rotatable bonds is 2. The summed E-state index contributed by atoms with van der Waals surface area (Å²) in [6, 6.07) is 9.73. The molecule has 2 saturated heterocycles. The Morgan fingerprint density at radius 1 is 1.05 bits per heavy atom. The first-order chi connectivity index (χ1) is 18.1. The number of halogens is 3. The van der Waals surface area contributed by atoms with Crippen LogP contribution in [0.15, 0.2) is 42.6 Å². The number of piperazine rings is 1. The van der Waals surface area contributed by atoms with Crippen molar-refractivity contribution >= 4 is 45.2 Å². The standard InChI is InChI=1S/C28H26ClF2N5O2/c1-28(2,3)38-27(37)36-16-10-11-17(36)14-35(13-16)25-19-12-32-23(22(31)24(19)33-26(29)34-25)18-8-4-6-15-7-5-9-20(30)21(15)18/h4-9,12,16-17H,10-11,13-14H2,1-3H3/t16-,17+. The molecule has 2 aromatic carbocycles. The molecule has 0 radical (unpaired) electrons. The van der Waals surface area contributed by atoms with Crippen molar-refractivity contribution in [1.29, 1.82) is 0 Å². The van der Waals surface area contributed by atoms with Crippen LogP contribution in [0.4, 0.5) is 19.4 Å². The highest BCUT2D eigenvalue weighted by molar-refractivity contribution is 6.28. The Bertz CT molecular complexity index is 1570. The maximum Gasteiger partial charge on any atom is 0.410 e. The van der Waals surface area contributed by atoms with E-state index in [-0.39, 0.29) is 40.1 Å². The molecule has 2 aromatic heterocycles. The predicted molar refractivity (Wildman–Crippen MR) is 142 cm³/mol. The fourth-order valence-electron chi connectivity index (χ4n) is 5.63. The second kappa shape index (κ2) is 9.01. The summed E-state index contributed by atoms with van der Waals surface area (Å²) in [5, 5.41) is 1.23. The van der Waals surface area contributed by atoms with Gasteiger partial charge >= 0.3 is 6.09 Å². The molecule has 6 rings (SSSR count). The molecule has 10 heteroatoms. The van der Waals surface area contributed by atoms with E-state index in [2.05, 4.69) is 15.0 Å². The van der Waals surface area contributed by atoms with Gasteiger partial charge in [0.25, 0.3) is 0 Å². The highest BCUT2D eigenvalue weighted by Crippen LogP contribution is 2.38. The minimum absolute atomic E-state index is 0.0104. The molecule has 2 aliphatic rings. The van der Waals surface area contributed by atoms with Crippen LogP contribution in [0.25, 0.3) is 32.9 Å². The van der Waals surface area contributed by atoms with Crippen LogP contribution >= 0.6 is 11.6 Å². The zero-order valence-electron chi connectivity index (χ0n) is 21.2. The van der Waals surface area contributed by atoms with E-state index in [1.807, 2.05) is 30.6 Å². The molecule has 0 unspecified atom stereocenters. The van der Waals surface area contributed by atoms with Crippen LogP contribution in [0.2, 0.25) is 5.28 Å².